The van der Waals surface area contributed by atoms with Gasteiger partial charge in [0.15, 0.2) is 0 Å². The van der Waals surface area contributed by atoms with Crippen LogP contribution in [0.25, 0.3) is 0 Å². The minimum absolute atomic E-state index is 0. The quantitative estimate of drug-likeness (QED) is 0.441. The molecule has 0 aromatic rings. The van der Waals surface area contributed by atoms with Gasteiger partial charge in [0.05, 0.1) is 13.1 Å². The van der Waals surface area contributed by atoms with Gasteiger partial charge in [0.1, 0.15) is 0 Å². The normalized spacial score (nSPS) is 8.13. The highest BCUT2D eigenvalue weighted by molar-refractivity contribution is 8.93. The number of hydrogen-bond donors (Lipinski definition) is 4. The van der Waals surface area contributed by atoms with Crippen molar-refractivity contribution in [1.29, 1.82) is 0 Å². The lowest BCUT2D eigenvalue weighted by molar-refractivity contribution is -0.121. The molecule has 15 heavy (non-hydrogen) atoms. The average Bonchev–Trinajstić information content (AvgIpc) is 2.12. The van der Waals surface area contributed by atoms with E-state index in [9.17, 15) is 9.59 Å². The molecule has 0 aromatic heterocycles. The molecule has 0 radical (unpaired) electrons. The molecule has 0 aliphatic carbocycles. The van der Waals surface area contributed by atoms with Gasteiger partial charge in [0, 0.05) is 13.1 Å². The van der Waals surface area contributed by atoms with E-state index in [0.717, 1.165) is 0 Å². The van der Waals surface area contributed by atoms with E-state index in [-0.39, 0.29) is 58.9 Å². The van der Waals surface area contributed by atoms with Crippen molar-refractivity contribution >= 4 is 45.8 Å². The molecular weight excluding hydrogens is 332 g/mol. The lowest BCUT2D eigenvalue weighted by atomic mass is 10.5. The maximum absolute atomic E-state index is 10.8. The van der Waals surface area contributed by atoms with Crippen LogP contribution in [-0.2, 0) is 9.59 Å². The molecule has 92 valence electrons. The summed E-state index contributed by atoms with van der Waals surface area (Å²) in [5, 5.41) is 7.85. The molecule has 0 aromatic carbocycles. The van der Waals surface area contributed by atoms with Gasteiger partial charge in [-0.15, -0.1) is 34.0 Å². The summed E-state index contributed by atoms with van der Waals surface area (Å²) in [5.74, 6) is -0.313. The Morgan fingerprint density at radius 1 is 1.07 bits per heavy atom. The SMILES string of the molecule is Br.Br.CNCC(=O)NCCNC(=O)CN. The van der Waals surface area contributed by atoms with Crippen LogP contribution in [0.4, 0.5) is 0 Å². The second kappa shape index (κ2) is 13.8. The highest BCUT2D eigenvalue weighted by Crippen LogP contribution is 1.64. The minimum Gasteiger partial charge on any atom is -0.353 e. The van der Waals surface area contributed by atoms with Crippen LogP contribution in [-0.4, -0.2) is 45.0 Å². The third-order valence-corrected chi connectivity index (χ3v) is 1.29. The zero-order valence-corrected chi connectivity index (χ0v) is 12.0. The van der Waals surface area contributed by atoms with Gasteiger partial charge in [0.25, 0.3) is 0 Å². The lowest BCUT2D eigenvalue weighted by Gasteiger charge is -2.05. The van der Waals surface area contributed by atoms with Crippen LogP contribution in [0.2, 0.25) is 0 Å². The maximum Gasteiger partial charge on any atom is 0.234 e. The third kappa shape index (κ3) is 13.8. The molecule has 0 saturated carbocycles. The summed E-state index contributed by atoms with van der Waals surface area (Å²) in [6.07, 6.45) is 0. The number of likely N-dealkylation sites (N-methyl/N-ethyl adjacent to an activating group) is 1. The first-order valence-electron chi connectivity index (χ1n) is 4.08. The number of rotatable bonds is 6. The third-order valence-electron chi connectivity index (χ3n) is 1.29. The second-order valence-electron chi connectivity index (χ2n) is 2.43. The summed E-state index contributed by atoms with van der Waals surface area (Å²) >= 11 is 0. The van der Waals surface area contributed by atoms with Crippen LogP contribution in [0.15, 0.2) is 0 Å². The Balaban J connectivity index is -0.000000720. The fraction of sp³-hybridized carbons (Fsp3) is 0.714. The fourth-order valence-corrected chi connectivity index (χ4v) is 0.699. The molecule has 0 heterocycles. The summed E-state index contributed by atoms with van der Waals surface area (Å²) in [6.45, 7) is 1.09. The van der Waals surface area contributed by atoms with E-state index in [4.69, 9.17) is 5.73 Å². The van der Waals surface area contributed by atoms with E-state index in [1.54, 1.807) is 7.05 Å². The van der Waals surface area contributed by atoms with Gasteiger partial charge in [-0.2, -0.15) is 0 Å². The Morgan fingerprint density at radius 3 is 1.93 bits per heavy atom. The number of carbonyl (C=O) groups is 2. The summed E-state index contributed by atoms with van der Waals surface area (Å²) in [7, 11) is 1.69. The van der Waals surface area contributed by atoms with Crippen LogP contribution in [0.5, 0.6) is 0 Å². The molecule has 5 N–H and O–H groups in total. The predicted molar refractivity (Wildman–Crippen MR) is 69.6 cm³/mol. The van der Waals surface area contributed by atoms with Crippen molar-refractivity contribution in [1.82, 2.24) is 16.0 Å². The van der Waals surface area contributed by atoms with Gasteiger partial charge in [-0.1, -0.05) is 0 Å². The van der Waals surface area contributed by atoms with Crippen molar-refractivity contribution in [3.05, 3.63) is 0 Å². The Labute approximate surface area is 110 Å². The number of carbonyl (C=O) groups excluding carboxylic acids is 2. The molecular formula is C7H18Br2N4O2. The predicted octanol–water partition coefficient (Wildman–Crippen LogP) is -1.45. The first kappa shape index (κ1) is 20.3. The van der Waals surface area contributed by atoms with Crippen molar-refractivity contribution < 1.29 is 9.59 Å². The van der Waals surface area contributed by atoms with Gasteiger partial charge in [-0.3, -0.25) is 9.59 Å². The van der Waals surface area contributed by atoms with E-state index in [1.807, 2.05) is 0 Å². The molecule has 8 heteroatoms. The van der Waals surface area contributed by atoms with Crippen molar-refractivity contribution in [3.63, 3.8) is 0 Å². The highest BCUT2D eigenvalue weighted by Gasteiger charge is 1.98. The Kier molecular flexibility index (Phi) is 18.7. The molecule has 6 nitrogen and oxygen atoms in total. The topological polar surface area (TPSA) is 96.2 Å². The van der Waals surface area contributed by atoms with Gasteiger partial charge >= 0.3 is 0 Å². The number of halogens is 2. The van der Waals surface area contributed by atoms with Crippen molar-refractivity contribution in [2.45, 2.75) is 0 Å². The van der Waals surface area contributed by atoms with E-state index >= 15 is 0 Å². The molecule has 0 bridgehead atoms. The Hall–Kier alpha value is -0.180. The summed E-state index contributed by atoms with van der Waals surface area (Å²) in [4.78, 5) is 21.5. The molecule has 2 amide bonds. The van der Waals surface area contributed by atoms with Gasteiger partial charge in [0.2, 0.25) is 11.8 Å². The van der Waals surface area contributed by atoms with Crippen LogP contribution in [0.1, 0.15) is 0 Å². The number of nitrogens with two attached hydrogens (primary N) is 1. The Morgan fingerprint density at radius 2 is 1.53 bits per heavy atom. The van der Waals surface area contributed by atoms with Crippen molar-refractivity contribution in [3.8, 4) is 0 Å². The molecule has 0 aliphatic heterocycles. The van der Waals surface area contributed by atoms with Crippen molar-refractivity contribution in [2.24, 2.45) is 5.73 Å². The smallest absolute Gasteiger partial charge is 0.234 e. The minimum atomic E-state index is -0.220. The zero-order chi connectivity index (χ0) is 10.1. The molecule has 0 rings (SSSR count). The average molecular weight is 350 g/mol. The first-order chi connectivity index (χ1) is 6.20. The Bertz CT molecular complexity index is 180. The fourth-order valence-electron chi connectivity index (χ4n) is 0.699. The highest BCUT2D eigenvalue weighted by atomic mass is 79.9. The lowest BCUT2D eigenvalue weighted by Crippen LogP contribution is -2.39. The molecule has 0 unspecified atom stereocenters. The van der Waals surface area contributed by atoms with Crippen molar-refractivity contribution in [2.75, 3.05) is 33.2 Å². The maximum atomic E-state index is 10.8. The largest absolute Gasteiger partial charge is 0.353 e. The molecule has 0 atom stereocenters. The van der Waals surface area contributed by atoms with Gasteiger partial charge in [-0.25, -0.2) is 0 Å². The summed E-state index contributed by atoms with van der Waals surface area (Å²) in [6, 6.07) is 0. The summed E-state index contributed by atoms with van der Waals surface area (Å²) in [5.41, 5.74) is 5.05. The first-order valence-corrected chi connectivity index (χ1v) is 4.08. The van der Waals surface area contributed by atoms with E-state index in [0.29, 0.717) is 13.1 Å². The van der Waals surface area contributed by atoms with Crippen LogP contribution < -0.4 is 21.7 Å². The van der Waals surface area contributed by atoms with E-state index in [2.05, 4.69) is 16.0 Å². The zero-order valence-electron chi connectivity index (χ0n) is 8.54. The van der Waals surface area contributed by atoms with E-state index < -0.39 is 0 Å². The second-order valence-corrected chi connectivity index (χ2v) is 2.43. The standard InChI is InChI=1S/C7H16N4O2.2BrH/c1-9-5-7(13)11-3-2-10-6(12)4-8;;/h9H,2-5,8H2,1H3,(H,10,12)(H,11,13);2*1H. The number of nitrogens with one attached hydrogen (secondary N) is 3. The number of hydrogen-bond acceptors (Lipinski definition) is 4. The van der Waals surface area contributed by atoms with Crippen LogP contribution in [0, 0.1) is 0 Å². The van der Waals surface area contributed by atoms with Gasteiger partial charge in [-0.05, 0) is 7.05 Å². The van der Waals surface area contributed by atoms with Crippen LogP contribution in [0.3, 0.4) is 0 Å². The number of amides is 2. The van der Waals surface area contributed by atoms with E-state index in [1.165, 1.54) is 0 Å². The van der Waals surface area contributed by atoms with Crippen LogP contribution >= 0.6 is 34.0 Å². The summed E-state index contributed by atoms with van der Waals surface area (Å²) < 4.78 is 0. The molecule has 0 saturated heterocycles. The monoisotopic (exact) mass is 348 g/mol. The van der Waals surface area contributed by atoms with Gasteiger partial charge < -0.3 is 21.7 Å². The molecule has 0 fully saturated rings. The molecule has 0 spiro atoms. The molecule has 0 aliphatic rings.